The summed E-state index contributed by atoms with van der Waals surface area (Å²) in [6, 6.07) is 17.0. The van der Waals surface area contributed by atoms with Crippen molar-refractivity contribution in [2.75, 3.05) is 66.6 Å². The van der Waals surface area contributed by atoms with Crippen LogP contribution in [0.4, 0.5) is 56.0 Å². The van der Waals surface area contributed by atoms with E-state index < -0.39 is 30.0 Å². The summed E-state index contributed by atoms with van der Waals surface area (Å²) in [6.07, 6.45) is 1.86. The first-order valence-electron chi connectivity index (χ1n) is 21.6. The molecule has 0 atom stereocenters. The molecule has 0 unspecified atom stereocenters. The number of anilines is 6. The molecule has 0 spiro atoms. The molecule has 26 heteroatoms. The van der Waals surface area contributed by atoms with E-state index in [9.17, 15) is 25.9 Å². The van der Waals surface area contributed by atoms with Crippen LogP contribution in [0.2, 0.25) is 0 Å². The van der Waals surface area contributed by atoms with Crippen LogP contribution in [0.5, 0.6) is 11.5 Å². The van der Waals surface area contributed by atoms with E-state index >= 15 is 0 Å². The van der Waals surface area contributed by atoms with E-state index in [-0.39, 0.29) is 55.2 Å². The van der Waals surface area contributed by atoms with E-state index in [0.29, 0.717) is 54.1 Å². The maximum atomic E-state index is 12.6. The molecule has 7 aromatic rings. The minimum absolute atomic E-state index is 0.0641. The number of thioether (sulfide) groups is 1. The Balaban J connectivity index is 1.32. The van der Waals surface area contributed by atoms with E-state index in [1.807, 2.05) is 52.0 Å². The molecule has 0 saturated carbocycles. The van der Waals surface area contributed by atoms with Crippen molar-refractivity contribution < 1.29 is 35.4 Å². The number of hydrogen-bond acceptors (Lipinski definition) is 22. The Morgan fingerprint density at radius 1 is 0.623 bits per heavy atom. The number of azo groups is 2. The quantitative estimate of drug-likeness (QED) is 0.0213. The van der Waals surface area contributed by atoms with Crippen molar-refractivity contribution in [1.29, 1.82) is 0 Å². The number of ether oxygens (including phenoxy) is 2. The van der Waals surface area contributed by atoms with E-state index in [4.69, 9.17) is 24.4 Å². The Morgan fingerprint density at radius 2 is 1.06 bits per heavy atom. The topological polar surface area (TPSA) is 272 Å². The van der Waals surface area contributed by atoms with Crippen molar-refractivity contribution in [3.05, 3.63) is 60.7 Å². The van der Waals surface area contributed by atoms with Crippen molar-refractivity contribution in [3.63, 3.8) is 0 Å². The molecule has 0 radical (unpaired) electrons. The summed E-state index contributed by atoms with van der Waals surface area (Å²) in [5.74, 6) is 0.904. The summed E-state index contributed by atoms with van der Waals surface area (Å²) in [5, 5.41) is 25.5. The van der Waals surface area contributed by atoms with Crippen LogP contribution >= 0.6 is 34.8 Å². The Morgan fingerprint density at radius 3 is 1.43 bits per heavy atom. The van der Waals surface area contributed by atoms with E-state index in [2.05, 4.69) is 56.6 Å². The maximum Gasteiger partial charge on any atom is 0.299 e. The highest BCUT2D eigenvalue weighted by Crippen LogP contribution is 2.44. The molecule has 7 rings (SSSR count). The Bertz CT molecular complexity index is 3060. The van der Waals surface area contributed by atoms with Crippen molar-refractivity contribution >= 4 is 133 Å². The van der Waals surface area contributed by atoms with E-state index in [1.165, 1.54) is 38.1 Å². The Hall–Kier alpha value is -6.16. The van der Waals surface area contributed by atoms with Gasteiger partial charge in [0.25, 0.3) is 20.2 Å². The molecule has 0 saturated heterocycles. The summed E-state index contributed by atoms with van der Waals surface area (Å²) >= 11 is 3.27. The van der Waals surface area contributed by atoms with Crippen LogP contribution in [-0.2, 0) is 20.2 Å². The number of aromatic nitrogens is 5. The predicted molar refractivity (Wildman–Crippen MR) is 272 cm³/mol. The summed E-state index contributed by atoms with van der Waals surface area (Å²) in [7, 11) is -6.92. The number of nitrogens with zero attached hydrogens (tertiary/aromatic N) is 11. The average Bonchev–Trinajstić information content (AvgIpc) is 3.94. The second-order valence-electron chi connectivity index (χ2n) is 14.8. The summed E-state index contributed by atoms with van der Waals surface area (Å²) in [4.78, 5) is 17.8. The van der Waals surface area contributed by atoms with Gasteiger partial charge in [0.15, 0.2) is 15.2 Å². The van der Waals surface area contributed by atoms with Crippen LogP contribution in [0.1, 0.15) is 47.5 Å². The van der Waals surface area contributed by atoms with Crippen molar-refractivity contribution in [2.45, 2.75) is 62.4 Å². The fourth-order valence-corrected chi connectivity index (χ4v) is 11.4. The molecule has 3 heterocycles. The maximum absolute atomic E-state index is 12.6. The molecule has 4 N–H and O–H groups in total. The zero-order valence-electron chi connectivity index (χ0n) is 38.5. The molecule has 0 bridgehead atoms. The zero-order chi connectivity index (χ0) is 49.5. The van der Waals surface area contributed by atoms with Crippen molar-refractivity contribution in [3.8, 4) is 11.5 Å². The lowest BCUT2D eigenvalue weighted by molar-refractivity contribution is 0.398. The molecule has 364 valence electrons. The van der Waals surface area contributed by atoms with Crippen molar-refractivity contribution in [1.82, 2.24) is 23.7 Å². The third-order valence-electron chi connectivity index (χ3n) is 10.6. The third kappa shape index (κ3) is 11.5. The first kappa shape index (κ1) is 50.7. The molecule has 0 aliphatic carbocycles. The molecule has 0 aliphatic rings. The largest absolute Gasteiger partial charge is 0.495 e. The normalized spacial score (nSPS) is 12.1. The minimum Gasteiger partial charge on any atom is -0.495 e. The van der Waals surface area contributed by atoms with E-state index in [1.54, 1.807) is 24.3 Å². The summed E-state index contributed by atoms with van der Waals surface area (Å²) in [5.41, 5.74) is 3.92. The van der Waals surface area contributed by atoms with Gasteiger partial charge in [-0.1, -0.05) is 25.1 Å². The first-order valence-corrected chi connectivity index (χ1v) is 27.0. The standard InChI is InChI=1S/C43H49N13O8S5/c1-8-13-22-65-43-47-41(44-31-23-25(55(9-2)10-3)14-16-27(31)49-51-39-35-29(53-66-39)18-20-33(63-6)37(35)68(57,58)59)46-42(48-43)45-32-24-26(56(11-4)12-5)15-17-28(32)50-52-40-36-30(54-67-40)19-21-34(64-7)38(36)69(60,61)62/h14-21,23-24H,8-13,22H2,1-7H3,(H,57,58,59)(H,60,61,62)(H2,44,45,46,47,48). The molecular formula is C43H49N13O8S5. The van der Waals surface area contributed by atoms with Gasteiger partial charge in [0.05, 0.1) is 47.4 Å². The SMILES string of the molecule is CCCCSc1nc(Nc2cc(N(CC)CC)ccc2N=Nc2snc3ccc(OC)c(S(=O)(=O)O)c23)nc(Nc2cc(N(CC)CC)ccc2N=Nc2snc3ccc(OC)c(S(=O)(=O)O)c23)n1. The smallest absolute Gasteiger partial charge is 0.299 e. The number of unbranched alkanes of at least 4 members (excludes halogenated alkanes) is 1. The second kappa shape index (κ2) is 22.1. The molecule has 0 aliphatic heterocycles. The third-order valence-corrected chi connectivity index (χ3v) is 14.9. The van der Waals surface area contributed by atoms with Gasteiger partial charge in [0, 0.05) is 43.3 Å². The Labute approximate surface area is 411 Å². The predicted octanol–water partition coefficient (Wildman–Crippen LogP) is 11.5. The number of rotatable bonds is 22. The number of hydrogen-bond donors (Lipinski definition) is 4. The zero-order valence-corrected chi connectivity index (χ0v) is 42.6. The number of methoxy groups -OCH3 is 2. The highest BCUT2D eigenvalue weighted by atomic mass is 32.2. The monoisotopic (exact) mass is 1040 g/mol. The molecule has 3 aromatic heterocycles. The minimum atomic E-state index is -4.76. The van der Waals surface area contributed by atoms with Crippen LogP contribution in [0.3, 0.4) is 0 Å². The lowest BCUT2D eigenvalue weighted by atomic mass is 10.2. The van der Waals surface area contributed by atoms with Crippen LogP contribution in [0.15, 0.2) is 96.1 Å². The molecule has 69 heavy (non-hydrogen) atoms. The van der Waals surface area contributed by atoms with Gasteiger partial charge in [0.2, 0.25) is 11.9 Å². The van der Waals surface area contributed by atoms with Crippen LogP contribution in [0, 0.1) is 0 Å². The van der Waals surface area contributed by atoms with Gasteiger partial charge in [-0.05, 0) is 118 Å². The highest BCUT2D eigenvalue weighted by molar-refractivity contribution is 7.99. The lowest BCUT2D eigenvalue weighted by Gasteiger charge is -2.22. The molecule has 4 aromatic carbocycles. The number of nitrogens with one attached hydrogen (secondary N) is 2. The van der Waals surface area contributed by atoms with Gasteiger partial charge < -0.3 is 29.9 Å². The van der Waals surface area contributed by atoms with E-state index in [0.717, 1.165) is 53.0 Å². The number of fused-ring (bicyclic) bond motifs is 2. The average molecular weight is 1040 g/mol. The van der Waals surface area contributed by atoms with Crippen LogP contribution in [-0.4, -0.2) is 95.8 Å². The number of benzene rings is 4. The molecule has 21 nitrogen and oxygen atoms in total. The summed E-state index contributed by atoms with van der Waals surface area (Å²) < 4.78 is 90.0. The molecular weight excluding hydrogens is 987 g/mol. The lowest BCUT2D eigenvalue weighted by Crippen LogP contribution is -2.21. The van der Waals surface area contributed by atoms with Crippen LogP contribution < -0.4 is 29.9 Å². The van der Waals surface area contributed by atoms with Gasteiger partial charge in [0.1, 0.15) is 32.7 Å². The Kier molecular flexibility index (Phi) is 16.2. The molecule has 0 amide bonds. The fraction of sp³-hybridized carbons (Fsp3) is 0.326. The van der Waals surface area contributed by atoms with Crippen molar-refractivity contribution in [2.24, 2.45) is 20.5 Å². The van der Waals surface area contributed by atoms with Crippen LogP contribution in [0.25, 0.3) is 21.8 Å². The first-order chi connectivity index (χ1) is 33.1. The van der Waals surface area contributed by atoms with Gasteiger partial charge in [-0.2, -0.15) is 40.5 Å². The second-order valence-corrected chi connectivity index (χ2v) is 20.1. The fourth-order valence-electron chi connectivity index (χ4n) is 7.19. The van der Waals surface area contributed by atoms with Gasteiger partial charge in [-0.25, -0.2) is 0 Å². The summed E-state index contributed by atoms with van der Waals surface area (Å²) in [6.45, 7) is 13.1. The van der Waals surface area contributed by atoms with Gasteiger partial charge in [-0.15, -0.1) is 20.5 Å². The van der Waals surface area contributed by atoms with Gasteiger partial charge >= 0.3 is 0 Å². The molecule has 0 fully saturated rings. The van der Waals surface area contributed by atoms with Gasteiger partial charge in [-0.3, -0.25) is 9.11 Å². The highest BCUT2D eigenvalue weighted by Gasteiger charge is 2.27.